The number of aromatic hydroxyl groups is 1. The van der Waals surface area contributed by atoms with Crippen molar-refractivity contribution in [2.75, 3.05) is 0 Å². The molecule has 1 N–H and O–H groups in total. The number of carbonyl (C=O) groups excluding carboxylic acids is 2. The van der Waals surface area contributed by atoms with Gasteiger partial charge < -0.3 is 9.84 Å². The van der Waals surface area contributed by atoms with E-state index in [1.165, 1.54) is 23.6 Å². The average Bonchev–Trinajstić information content (AvgIpc) is 2.86. The largest absolute Gasteiger partial charge is 0.505 e. The molecule has 5 nitrogen and oxygen atoms in total. The molecule has 154 valence electrons. The fourth-order valence-corrected chi connectivity index (χ4v) is 3.02. The van der Waals surface area contributed by atoms with Gasteiger partial charge in [-0.05, 0) is 63.6 Å². The van der Waals surface area contributed by atoms with Gasteiger partial charge >= 0.3 is 5.97 Å². The number of carbonyl (C=O) groups is 2. The predicted molar refractivity (Wildman–Crippen MR) is 111 cm³/mol. The first-order valence-corrected chi connectivity index (χ1v) is 9.38. The van der Waals surface area contributed by atoms with Crippen molar-refractivity contribution in [1.82, 2.24) is 4.57 Å². The van der Waals surface area contributed by atoms with Crippen molar-refractivity contribution in [3.63, 3.8) is 0 Å². The van der Waals surface area contributed by atoms with Crippen molar-refractivity contribution in [3.05, 3.63) is 64.1 Å². The van der Waals surface area contributed by atoms with Gasteiger partial charge in [-0.25, -0.2) is 4.39 Å². The summed E-state index contributed by atoms with van der Waals surface area (Å²) in [5.41, 5.74) is 2.43. The highest BCUT2D eigenvalue weighted by atomic mass is 35.5. The number of phenols is 1. The lowest BCUT2D eigenvalue weighted by Gasteiger charge is -2.07. The molecule has 1 heterocycles. The monoisotopic (exact) mass is 419 g/mol. The van der Waals surface area contributed by atoms with Crippen LogP contribution in [0.3, 0.4) is 0 Å². The number of phenolic OH excluding ortho intramolecular Hbond substituents is 1. The van der Waals surface area contributed by atoms with Crippen LogP contribution in [-0.4, -0.2) is 27.7 Å². The molecule has 0 unspecified atom stereocenters. The van der Waals surface area contributed by atoms with Crippen LogP contribution in [0.2, 0.25) is 5.02 Å². The summed E-state index contributed by atoms with van der Waals surface area (Å²) in [6.07, 6.45) is 0.0255. The van der Waals surface area contributed by atoms with E-state index in [2.05, 4.69) is 4.74 Å². The first kappa shape index (κ1) is 22.4. The predicted octanol–water partition coefficient (Wildman–Crippen LogP) is 5.40. The van der Waals surface area contributed by atoms with Gasteiger partial charge in [0, 0.05) is 34.7 Å². The summed E-state index contributed by atoms with van der Waals surface area (Å²) in [5.74, 6) is -1.66. The number of hydrogen-bond acceptors (Lipinski definition) is 4. The Morgan fingerprint density at radius 2 is 1.72 bits per heavy atom. The molecule has 1 aromatic heterocycles. The average molecular weight is 420 g/mol. The summed E-state index contributed by atoms with van der Waals surface area (Å²) in [7, 11) is 0. The molecular formula is C22H23ClFNO4. The van der Waals surface area contributed by atoms with Crippen molar-refractivity contribution < 1.29 is 23.8 Å². The van der Waals surface area contributed by atoms with Gasteiger partial charge in [0.05, 0.1) is 11.6 Å². The maximum absolute atomic E-state index is 13.7. The van der Waals surface area contributed by atoms with Crippen molar-refractivity contribution in [1.29, 1.82) is 0 Å². The van der Waals surface area contributed by atoms with Gasteiger partial charge in [-0.2, -0.15) is 0 Å². The van der Waals surface area contributed by atoms with Crippen LogP contribution in [0.4, 0.5) is 4.39 Å². The van der Waals surface area contributed by atoms with Gasteiger partial charge in [-0.1, -0.05) is 11.6 Å². The Balaban J connectivity index is 0.000000370. The lowest BCUT2D eigenvalue weighted by Crippen LogP contribution is -2.13. The zero-order valence-electron chi connectivity index (χ0n) is 16.9. The summed E-state index contributed by atoms with van der Waals surface area (Å²) < 4.78 is 19.8. The topological polar surface area (TPSA) is 68.5 Å². The second-order valence-corrected chi connectivity index (χ2v) is 7.27. The van der Waals surface area contributed by atoms with Crippen LogP contribution < -0.4 is 0 Å². The summed E-state index contributed by atoms with van der Waals surface area (Å²) in [6.45, 7) is 8.67. The van der Waals surface area contributed by atoms with E-state index in [0.717, 1.165) is 5.56 Å². The fraction of sp³-hybridized carbons (Fsp3) is 0.273. The Kier molecular flexibility index (Phi) is 7.03. The Hall–Kier alpha value is -2.86. The highest BCUT2D eigenvalue weighted by molar-refractivity contribution is 6.30. The highest BCUT2D eigenvalue weighted by Gasteiger charge is 2.19. The normalized spacial score (nSPS) is 10.6. The molecule has 3 rings (SSSR count). The zero-order chi connectivity index (χ0) is 21.9. The molecule has 0 aliphatic carbocycles. The number of aromatic nitrogens is 1. The molecule has 2 aromatic carbocycles. The first-order chi connectivity index (χ1) is 13.5. The lowest BCUT2D eigenvalue weighted by molar-refractivity contribution is -0.144. The first-order valence-electron chi connectivity index (χ1n) is 9.00. The van der Waals surface area contributed by atoms with Crippen molar-refractivity contribution in [3.8, 4) is 5.75 Å². The second kappa shape index (κ2) is 9.09. The van der Waals surface area contributed by atoms with E-state index < -0.39 is 11.6 Å². The van der Waals surface area contributed by atoms with Gasteiger partial charge in [-0.15, -0.1) is 0 Å². The second-order valence-electron chi connectivity index (χ2n) is 6.84. The van der Waals surface area contributed by atoms with E-state index in [0.29, 0.717) is 27.2 Å². The van der Waals surface area contributed by atoms with E-state index in [4.69, 9.17) is 11.6 Å². The molecule has 7 heteroatoms. The summed E-state index contributed by atoms with van der Waals surface area (Å²) >= 11 is 5.84. The van der Waals surface area contributed by atoms with E-state index >= 15 is 0 Å². The van der Waals surface area contributed by atoms with Crippen LogP contribution in [0.25, 0.3) is 10.9 Å². The molecular weight excluding hydrogens is 397 g/mol. The number of ether oxygens (including phenoxy) is 1. The molecule has 0 aliphatic rings. The van der Waals surface area contributed by atoms with Gasteiger partial charge in [-0.3, -0.25) is 14.2 Å². The molecule has 0 saturated carbocycles. The number of fused-ring (bicyclic) bond motifs is 1. The third kappa shape index (κ3) is 5.15. The van der Waals surface area contributed by atoms with Crippen LogP contribution in [0, 0.1) is 19.7 Å². The molecule has 29 heavy (non-hydrogen) atoms. The standard InChI is InChI=1S/C17H13ClFNO2.C5H10O2/c1-9-10(2)20(15-8-14(19)16(21)7-13(9)15)17(22)11-3-5-12(18)6-4-11;1-4(2)7-5(3)6/h3-8,21H,1-2H3;4H,1-3H3. The number of halogens is 2. The zero-order valence-corrected chi connectivity index (χ0v) is 17.7. The minimum atomic E-state index is -0.754. The van der Waals surface area contributed by atoms with Crippen LogP contribution in [0.15, 0.2) is 36.4 Å². The van der Waals surface area contributed by atoms with Crippen molar-refractivity contribution in [2.24, 2.45) is 0 Å². The third-order valence-electron chi connectivity index (χ3n) is 4.28. The number of aryl methyl sites for hydroxylation is 1. The van der Waals surface area contributed by atoms with E-state index in [1.54, 1.807) is 31.2 Å². The quantitative estimate of drug-likeness (QED) is 0.564. The molecule has 0 spiro atoms. The summed E-state index contributed by atoms with van der Waals surface area (Å²) in [6, 6.07) is 9.05. The van der Waals surface area contributed by atoms with Crippen LogP contribution >= 0.6 is 11.6 Å². The molecule has 0 radical (unpaired) electrons. The molecule has 0 aliphatic heterocycles. The number of rotatable bonds is 2. The Labute approximate surface area is 173 Å². The molecule has 0 amide bonds. The van der Waals surface area contributed by atoms with Gasteiger partial charge in [0.15, 0.2) is 11.6 Å². The molecule has 0 fully saturated rings. The molecule has 0 atom stereocenters. The van der Waals surface area contributed by atoms with Crippen molar-refractivity contribution >= 4 is 34.4 Å². The molecule has 0 bridgehead atoms. The Morgan fingerprint density at radius 1 is 1.14 bits per heavy atom. The van der Waals surface area contributed by atoms with Crippen LogP contribution in [-0.2, 0) is 9.53 Å². The van der Waals surface area contributed by atoms with E-state index in [1.807, 2.05) is 20.8 Å². The van der Waals surface area contributed by atoms with E-state index in [-0.39, 0.29) is 18.0 Å². The van der Waals surface area contributed by atoms with Gasteiger partial charge in [0.25, 0.3) is 5.91 Å². The summed E-state index contributed by atoms with van der Waals surface area (Å²) in [4.78, 5) is 22.8. The number of nitrogens with zero attached hydrogens (tertiary/aromatic N) is 1. The Morgan fingerprint density at radius 3 is 2.21 bits per heavy atom. The van der Waals surface area contributed by atoms with Crippen molar-refractivity contribution in [2.45, 2.75) is 40.7 Å². The summed E-state index contributed by atoms with van der Waals surface area (Å²) in [5, 5.41) is 10.7. The number of hydrogen-bond donors (Lipinski definition) is 1. The third-order valence-corrected chi connectivity index (χ3v) is 4.54. The van der Waals surface area contributed by atoms with Gasteiger partial charge in [0.1, 0.15) is 0 Å². The fourth-order valence-electron chi connectivity index (χ4n) is 2.90. The maximum atomic E-state index is 13.7. The van der Waals surface area contributed by atoms with Crippen LogP contribution in [0.5, 0.6) is 5.75 Å². The minimum absolute atomic E-state index is 0.0255. The Bertz CT molecular complexity index is 1060. The number of esters is 1. The van der Waals surface area contributed by atoms with Gasteiger partial charge in [0.2, 0.25) is 0 Å². The maximum Gasteiger partial charge on any atom is 0.302 e. The smallest absolute Gasteiger partial charge is 0.302 e. The molecule has 3 aromatic rings. The minimum Gasteiger partial charge on any atom is -0.505 e. The SMILES string of the molecule is CC(=O)OC(C)C.Cc1c(C)n(C(=O)c2ccc(Cl)cc2)c2cc(F)c(O)cc12. The van der Waals surface area contributed by atoms with E-state index in [9.17, 15) is 19.1 Å². The van der Waals surface area contributed by atoms with Crippen LogP contribution in [0.1, 0.15) is 42.4 Å². The highest BCUT2D eigenvalue weighted by Crippen LogP contribution is 2.31. The lowest BCUT2D eigenvalue weighted by atomic mass is 10.1. The molecule has 0 saturated heterocycles. The number of benzene rings is 2.